The van der Waals surface area contributed by atoms with E-state index in [1.807, 2.05) is 32.9 Å². The van der Waals surface area contributed by atoms with Gasteiger partial charge in [-0.25, -0.2) is 0 Å². The number of thiocarbonyl (C=S) groups is 1. The molecule has 18 heavy (non-hydrogen) atoms. The Morgan fingerprint density at radius 1 is 1.44 bits per heavy atom. The fourth-order valence-corrected chi connectivity index (χ4v) is 2.32. The van der Waals surface area contributed by atoms with Gasteiger partial charge in [0.1, 0.15) is 0 Å². The number of anilines is 1. The van der Waals surface area contributed by atoms with Gasteiger partial charge < -0.3 is 15.7 Å². The van der Waals surface area contributed by atoms with Crippen LogP contribution < -0.4 is 10.6 Å². The van der Waals surface area contributed by atoms with Gasteiger partial charge in [0.05, 0.1) is 23.4 Å². The molecule has 0 bridgehead atoms. The van der Waals surface area contributed by atoms with Gasteiger partial charge in [-0.05, 0) is 49.7 Å². The van der Waals surface area contributed by atoms with Gasteiger partial charge in [0.15, 0.2) is 5.11 Å². The molecule has 0 saturated carbocycles. The van der Waals surface area contributed by atoms with Crippen molar-refractivity contribution in [3.05, 3.63) is 28.3 Å². The zero-order chi connectivity index (χ0) is 13.7. The van der Waals surface area contributed by atoms with Crippen molar-refractivity contribution in [2.24, 2.45) is 0 Å². The van der Waals surface area contributed by atoms with Crippen molar-refractivity contribution < 1.29 is 5.11 Å². The number of halogens is 1. The molecule has 0 radical (unpaired) electrons. The van der Waals surface area contributed by atoms with Gasteiger partial charge in [0.2, 0.25) is 0 Å². The zero-order valence-corrected chi connectivity index (χ0v) is 12.5. The van der Waals surface area contributed by atoms with E-state index >= 15 is 0 Å². The lowest BCUT2D eigenvalue weighted by atomic mass is 10.1. The number of hydrogen-bond donors (Lipinski definition) is 3. The summed E-state index contributed by atoms with van der Waals surface area (Å²) >= 11 is 11.4. The quantitative estimate of drug-likeness (QED) is 0.745. The smallest absolute Gasteiger partial charge is 0.171 e. The molecule has 1 aromatic carbocycles. The Morgan fingerprint density at radius 3 is 2.61 bits per heavy atom. The summed E-state index contributed by atoms with van der Waals surface area (Å²) in [4.78, 5) is 0. The van der Waals surface area contributed by atoms with Gasteiger partial charge in [-0.1, -0.05) is 24.6 Å². The van der Waals surface area contributed by atoms with Crippen molar-refractivity contribution in [3.8, 4) is 0 Å². The molecule has 1 rings (SSSR count). The maximum absolute atomic E-state index is 9.11. The average molecular weight is 287 g/mol. The van der Waals surface area contributed by atoms with Gasteiger partial charge in [0.25, 0.3) is 0 Å². The minimum Gasteiger partial charge on any atom is -0.394 e. The van der Waals surface area contributed by atoms with E-state index in [-0.39, 0.29) is 12.6 Å². The lowest BCUT2D eigenvalue weighted by Gasteiger charge is -2.19. The van der Waals surface area contributed by atoms with Crippen LogP contribution in [0.25, 0.3) is 0 Å². The Morgan fingerprint density at radius 2 is 2.11 bits per heavy atom. The molecule has 1 atom stereocenters. The molecule has 0 amide bonds. The van der Waals surface area contributed by atoms with Crippen molar-refractivity contribution in [2.75, 3.05) is 11.9 Å². The van der Waals surface area contributed by atoms with Crippen LogP contribution in [0, 0.1) is 13.8 Å². The Kier molecular flexibility index (Phi) is 5.85. The molecular formula is C13H19ClN2OS. The highest BCUT2D eigenvalue weighted by Gasteiger charge is 2.10. The molecule has 0 fully saturated rings. The maximum Gasteiger partial charge on any atom is 0.171 e. The number of nitrogens with one attached hydrogen (secondary N) is 2. The van der Waals surface area contributed by atoms with Crippen LogP contribution in [0.5, 0.6) is 0 Å². The third-order valence-electron chi connectivity index (χ3n) is 2.72. The van der Waals surface area contributed by atoms with E-state index in [2.05, 4.69) is 10.6 Å². The Labute approximate surface area is 119 Å². The summed E-state index contributed by atoms with van der Waals surface area (Å²) in [6.45, 7) is 6.02. The van der Waals surface area contributed by atoms with Gasteiger partial charge in [0, 0.05) is 0 Å². The third-order valence-corrected chi connectivity index (χ3v) is 3.24. The lowest BCUT2D eigenvalue weighted by Crippen LogP contribution is -2.39. The van der Waals surface area contributed by atoms with Crippen LogP contribution in [0.15, 0.2) is 12.1 Å². The van der Waals surface area contributed by atoms with Crippen molar-refractivity contribution in [2.45, 2.75) is 33.2 Å². The van der Waals surface area contributed by atoms with E-state index in [0.29, 0.717) is 10.1 Å². The number of hydrogen-bond acceptors (Lipinski definition) is 2. The van der Waals surface area contributed by atoms with Crippen LogP contribution in [0.3, 0.4) is 0 Å². The van der Waals surface area contributed by atoms with E-state index in [9.17, 15) is 0 Å². The minimum absolute atomic E-state index is 0.0328. The lowest BCUT2D eigenvalue weighted by molar-refractivity contribution is 0.253. The van der Waals surface area contributed by atoms with Crippen molar-refractivity contribution in [1.29, 1.82) is 0 Å². The summed E-state index contributed by atoms with van der Waals surface area (Å²) < 4.78 is 0. The number of benzene rings is 1. The third kappa shape index (κ3) is 4.12. The first-order valence-corrected chi connectivity index (χ1v) is 6.71. The van der Waals surface area contributed by atoms with Gasteiger partial charge >= 0.3 is 0 Å². The van der Waals surface area contributed by atoms with Crippen LogP contribution in [0.1, 0.15) is 24.5 Å². The number of aryl methyl sites for hydroxylation is 2. The highest BCUT2D eigenvalue weighted by molar-refractivity contribution is 7.80. The van der Waals surface area contributed by atoms with E-state index in [4.69, 9.17) is 28.9 Å². The number of rotatable bonds is 4. The van der Waals surface area contributed by atoms with Crippen LogP contribution in [0.2, 0.25) is 5.02 Å². The number of aliphatic hydroxyl groups excluding tert-OH is 1. The Hall–Kier alpha value is -0.840. The number of aliphatic hydroxyl groups is 1. The van der Waals surface area contributed by atoms with E-state index < -0.39 is 0 Å². The monoisotopic (exact) mass is 286 g/mol. The Balaban J connectivity index is 2.76. The molecule has 0 aliphatic rings. The molecule has 0 saturated heterocycles. The summed E-state index contributed by atoms with van der Waals surface area (Å²) in [5.74, 6) is 0. The fraction of sp³-hybridized carbons (Fsp3) is 0.462. The van der Waals surface area contributed by atoms with Crippen LogP contribution in [-0.2, 0) is 0 Å². The predicted molar refractivity (Wildman–Crippen MR) is 81.4 cm³/mol. The van der Waals surface area contributed by atoms with Crippen molar-refractivity contribution >= 4 is 34.6 Å². The molecule has 0 spiro atoms. The standard InChI is InChI=1S/C13H19ClN2OS/c1-4-10(7-17)15-13(18)16-12-9(3)5-8(2)6-11(12)14/h5-6,10,17H,4,7H2,1-3H3,(H2,15,16,18)/t10-/m1/s1. The topological polar surface area (TPSA) is 44.3 Å². The van der Waals surface area contributed by atoms with Gasteiger partial charge in [-0.2, -0.15) is 0 Å². The normalized spacial score (nSPS) is 12.1. The highest BCUT2D eigenvalue weighted by atomic mass is 35.5. The molecule has 0 aromatic heterocycles. The van der Waals surface area contributed by atoms with Gasteiger partial charge in [-0.15, -0.1) is 0 Å². The predicted octanol–water partition coefficient (Wildman–Crippen LogP) is 3.01. The maximum atomic E-state index is 9.11. The van der Waals surface area contributed by atoms with E-state index in [1.54, 1.807) is 0 Å². The minimum atomic E-state index is -0.0328. The first kappa shape index (κ1) is 15.2. The van der Waals surface area contributed by atoms with E-state index in [1.165, 1.54) is 0 Å². The SMILES string of the molecule is CC[C@H](CO)NC(=S)Nc1c(C)cc(C)cc1Cl. The summed E-state index contributed by atoms with van der Waals surface area (Å²) in [5.41, 5.74) is 2.97. The van der Waals surface area contributed by atoms with E-state index in [0.717, 1.165) is 23.2 Å². The molecule has 0 unspecified atom stereocenters. The largest absolute Gasteiger partial charge is 0.394 e. The average Bonchev–Trinajstić information content (AvgIpc) is 2.30. The molecular weight excluding hydrogens is 268 g/mol. The highest BCUT2D eigenvalue weighted by Crippen LogP contribution is 2.27. The second kappa shape index (κ2) is 6.92. The van der Waals surface area contributed by atoms with Gasteiger partial charge in [-0.3, -0.25) is 0 Å². The molecule has 5 heteroatoms. The summed E-state index contributed by atoms with van der Waals surface area (Å²) in [5, 5.41) is 16.4. The molecule has 0 aliphatic carbocycles. The summed E-state index contributed by atoms with van der Waals surface area (Å²) in [6.07, 6.45) is 0.804. The molecule has 0 aliphatic heterocycles. The Bertz CT molecular complexity index is 410. The van der Waals surface area contributed by atoms with Crippen molar-refractivity contribution in [1.82, 2.24) is 5.32 Å². The summed E-state index contributed by atoms with van der Waals surface area (Å²) in [7, 11) is 0. The molecule has 3 nitrogen and oxygen atoms in total. The fourth-order valence-electron chi connectivity index (χ4n) is 1.69. The second-order valence-corrected chi connectivity index (χ2v) is 5.14. The first-order chi connectivity index (χ1) is 8.47. The van der Waals surface area contributed by atoms with Crippen LogP contribution >= 0.6 is 23.8 Å². The van der Waals surface area contributed by atoms with Crippen LogP contribution in [0.4, 0.5) is 5.69 Å². The first-order valence-electron chi connectivity index (χ1n) is 5.93. The second-order valence-electron chi connectivity index (χ2n) is 4.32. The van der Waals surface area contributed by atoms with Crippen molar-refractivity contribution in [3.63, 3.8) is 0 Å². The zero-order valence-electron chi connectivity index (χ0n) is 10.9. The summed E-state index contributed by atoms with van der Waals surface area (Å²) in [6, 6.07) is 3.90. The molecule has 100 valence electrons. The van der Waals surface area contributed by atoms with Crippen LogP contribution in [-0.4, -0.2) is 22.9 Å². The molecule has 0 heterocycles. The molecule has 3 N–H and O–H groups in total. The molecule has 1 aromatic rings.